The molecule has 1 saturated heterocycles. The number of fused-ring (bicyclic) bond motifs is 2. The van der Waals surface area contributed by atoms with Crippen LogP contribution >= 0.6 is 45.1 Å². The number of phosphoric acid groups is 3. The third-order valence-electron chi connectivity index (χ3n) is 12.6. The number of benzene rings is 3. The largest absolute Gasteiger partial charge is 0.490 e. The molecule has 3 heterocycles. The second-order valence-corrected chi connectivity index (χ2v) is 30.5. The summed E-state index contributed by atoms with van der Waals surface area (Å²) >= 11 is 5.27. The number of nitrogens with two attached hydrogens (primary N) is 2. The number of phosphoric ester groups is 1. The van der Waals surface area contributed by atoms with Crippen LogP contribution in [0.2, 0.25) is 0 Å². The van der Waals surface area contributed by atoms with Crippen molar-refractivity contribution in [3.63, 3.8) is 0 Å². The van der Waals surface area contributed by atoms with Gasteiger partial charge in [-0.1, -0.05) is 62.5 Å². The fraction of sp³-hybridized carbons (Fsp3) is 0.444. The van der Waals surface area contributed by atoms with Gasteiger partial charge in [-0.25, -0.2) is 32.9 Å². The first-order chi connectivity index (χ1) is 43.5. The number of unbranched alkanes of at least 4 members (excludes halogenated alkanes) is 1. The monoisotopic (exact) mass is 1420 g/mol. The molecule has 0 bridgehead atoms. The molecule has 31 nitrogen and oxygen atoms in total. The number of hydrogen-bond donors (Lipinski definition) is 11. The number of carboxylic acids is 1. The zero-order valence-corrected chi connectivity index (χ0v) is 55.8. The van der Waals surface area contributed by atoms with Crippen LogP contribution in [-0.2, 0) is 80.6 Å². The molecule has 4 unspecified atom stereocenters. The third kappa shape index (κ3) is 24.8. The van der Waals surface area contributed by atoms with Gasteiger partial charge in [0, 0.05) is 77.1 Å². The molecule has 1 aliphatic carbocycles. The van der Waals surface area contributed by atoms with Crippen LogP contribution in [-0.4, -0.2) is 153 Å². The minimum Gasteiger partial charge on any atom is -0.478 e. The fourth-order valence-electron chi connectivity index (χ4n) is 8.27. The van der Waals surface area contributed by atoms with Crippen molar-refractivity contribution in [3.8, 4) is 34.3 Å². The second-order valence-electron chi connectivity index (χ2n) is 20.1. The van der Waals surface area contributed by atoms with E-state index in [0.717, 1.165) is 10.8 Å². The number of carbonyl (C=O) groups is 3. The molecule has 38 heteroatoms. The van der Waals surface area contributed by atoms with Crippen molar-refractivity contribution >= 4 is 112 Å². The normalized spacial score (nSPS) is 16.6. The summed E-state index contributed by atoms with van der Waals surface area (Å²) in [6.45, 7) is 12.3. The summed E-state index contributed by atoms with van der Waals surface area (Å²) in [5.74, 6) is 5.16. The number of rotatable bonds is 37. The molecule has 0 radical (unpaired) electrons. The molecule has 0 saturated carbocycles. The lowest BCUT2D eigenvalue weighted by Gasteiger charge is -2.22. The number of aromatic carboxylic acids is 1. The number of alkyl carbamates (subject to hydrolysis) is 2. The second kappa shape index (κ2) is 35.6. The molecule has 1 aromatic heterocycles. The van der Waals surface area contributed by atoms with Gasteiger partial charge in [0.25, 0.3) is 0 Å². The summed E-state index contributed by atoms with van der Waals surface area (Å²) in [5, 5.41) is 27.6. The maximum absolute atomic E-state index is 12.9. The minimum atomic E-state index is -5.87. The number of carboxylic acid groups (broad SMARTS) is 1. The number of amides is 2. The van der Waals surface area contributed by atoms with Gasteiger partial charge in [0.15, 0.2) is 6.29 Å². The highest BCUT2D eigenvalue weighted by Gasteiger charge is 2.47. The van der Waals surface area contributed by atoms with E-state index in [0.29, 0.717) is 108 Å². The molecule has 2 aliphatic heterocycles. The van der Waals surface area contributed by atoms with Crippen LogP contribution in [0.4, 0.5) is 21.1 Å². The first-order valence-corrected chi connectivity index (χ1v) is 37.1. The van der Waals surface area contributed by atoms with Crippen molar-refractivity contribution in [2.45, 2.75) is 69.8 Å². The third-order valence-corrected chi connectivity index (χ3v) is 21.5. The van der Waals surface area contributed by atoms with Crippen LogP contribution in [0.1, 0.15) is 74.2 Å². The molecule has 6 rings (SSSR count). The number of nitrogen functional groups attached to an aromatic ring is 2. The topological polar surface area (TPSA) is 456 Å². The Hall–Kier alpha value is -5.80. The molecular weight excluding hydrogens is 1350 g/mol. The average Bonchev–Trinajstić information content (AvgIpc) is 0.833. The predicted molar refractivity (Wildman–Crippen MR) is 345 cm³/mol. The molecule has 3 aromatic rings. The van der Waals surface area contributed by atoms with Crippen LogP contribution in [0.3, 0.4) is 0 Å². The number of nitrogens with zero attached hydrogens (tertiary/aromatic N) is 2. The molecule has 2 amide bonds. The Bertz CT molecular complexity index is 3740. The number of ether oxygens (including phenoxy) is 7. The van der Waals surface area contributed by atoms with E-state index < -0.39 is 75.4 Å². The maximum atomic E-state index is 12.9. The van der Waals surface area contributed by atoms with Gasteiger partial charge in [0.1, 0.15) is 35.4 Å². The Morgan fingerprint density at radius 1 is 0.891 bits per heavy atom. The lowest BCUT2D eigenvalue weighted by molar-refractivity contribution is -0.141. The van der Waals surface area contributed by atoms with Crippen molar-refractivity contribution in [2.75, 3.05) is 95.0 Å². The van der Waals surface area contributed by atoms with E-state index in [9.17, 15) is 47.8 Å². The van der Waals surface area contributed by atoms with Gasteiger partial charge in [-0.15, -0.1) is 0 Å². The lowest BCUT2D eigenvalue weighted by atomic mass is 9.89. The molecule has 3 aliphatic rings. The van der Waals surface area contributed by atoms with Gasteiger partial charge < -0.3 is 95.1 Å². The minimum absolute atomic E-state index is 0.00370. The van der Waals surface area contributed by atoms with E-state index in [1.165, 1.54) is 16.9 Å². The first-order valence-electron chi connectivity index (χ1n) is 27.8. The van der Waals surface area contributed by atoms with Crippen molar-refractivity contribution < 1.29 is 103 Å². The van der Waals surface area contributed by atoms with E-state index in [1.807, 2.05) is 13.8 Å². The Labute approximate surface area is 542 Å². The highest BCUT2D eigenvalue weighted by molar-refractivity contribution is 8.77. The highest BCUT2D eigenvalue weighted by Crippen LogP contribution is 2.67. The summed E-state index contributed by atoms with van der Waals surface area (Å²) in [6.07, 6.45) is -3.21. The quantitative estimate of drug-likeness (QED) is 0.00382. The average molecular weight is 1420 g/mol. The van der Waals surface area contributed by atoms with Crippen molar-refractivity contribution in [1.82, 2.24) is 25.5 Å². The molecule has 0 spiro atoms. The molecule has 504 valence electrons. The number of anilines is 2. The van der Waals surface area contributed by atoms with Crippen LogP contribution in [0, 0.1) is 17.3 Å². The molecule has 6 atom stereocenters. The molecule has 13 N–H and O–H groups in total. The van der Waals surface area contributed by atoms with Gasteiger partial charge in [-0.2, -0.15) is 13.6 Å². The SMILES string of the molecule is C=C(NCCOCCOCCNC(=O)OCCC(C)(C)SSCOCCCCOC(=O)NCC#Cc1cn([C@H]2CC(OCS(=S)CC)[C@@H](OP(=O)(O)OP(=O)(O)OP(=O)(O)O)O2)c(=O)nc1N)c1ccc(C(=O)O)c(-c2c3ccc(=N)cc-3oc3cc(N)ccc23)c1. The molecule has 1 fully saturated rings. The van der Waals surface area contributed by atoms with Crippen molar-refractivity contribution in [2.24, 2.45) is 0 Å². The number of carbonyl (C=O) groups excluding carboxylic acids is 2. The van der Waals surface area contributed by atoms with Crippen molar-refractivity contribution in [3.05, 3.63) is 99.9 Å². The van der Waals surface area contributed by atoms with Crippen LogP contribution < -0.4 is 38.5 Å². The van der Waals surface area contributed by atoms with Crippen molar-refractivity contribution in [1.29, 1.82) is 5.41 Å². The molecule has 2 aromatic carbocycles. The number of hydrogen-bond acceptors (Lipinski definition) is 26. The summed E-state index contributed by atoms with van der Waals surface area (Å²) in [7, 11) is -14.9. The summed E-state index contributed by atoms with van der Waals surface area (Å²) < 4.78 is 93.7. The first kappa shape index (κ1) is 75.2. The Morgan fingerprint density at radius 3 is 2.32 bits per heavy atom. The van der Waals surface area contributed by atoms with Crippen LogP contribution in [0.15, 0.2) is 76.6 Å². The highest BCUT2D eigenvalue weighted by atomic mass is 33.1. The van der Waals surface area contributed by atoms with Gasteiger partial charge in [0.05, 0.1) is 68.6 Å². The summed E-state index contributed by atoms with van der Waals surface area (Å²) in [5.41, 5.74) is 15.0. The summed E-state index contributed by atoms with van der Waals surface area (Å²) in [6, 6.07) is 15.1. The molecular formula is C54H71N8O23P3S4. The van der Waals surface area contributed by atoms with Gasteiger partial charge in [0.2, 0.25) is 0 Å². The standard InChI is InChI=1S/C54H71N8O23P3S4/c1-5-92(89)33-80-45-30-46(82-50(45)83-87(71,72)85-88(73,74)84-86(68,69)70)62-31-36(48(57)61-51(62)65)9-8-17-59-52(66)78-21-7-6-20-77-32-90-91-54(3,4)16-22-79-53(67)60-19-24-76-26-25-75-23-18-58-34(2)35-10-13-39(49(63)64)42(27-35)47-40-14-11-37(55)28-43(40)81-44-29-38(56)12-15-41(44)47/h10-15,27-29,31,45-46,50,55,58H,2,5-7,16-26,30,32-33,56H2,1,3-4H3,(H,59,66)(H,60,67)(H,63,64)(H,71,72)(H,73,74)(H2,57,61,65)(H2,68,69,70)/t45?,46-,50-,92?/m1/s1. The van der Waals surface area contributed by atoms with E-state index in [-0.39, 0.29) is 78.9 Å². The van der Waals surface area contributed by atoms with Crippen LogP contribution in [0.5, 0.6) is 0 Å². The molecule has 92 heavy (non-hydrogen) atoms. The van der Waals surface area contributed by atoms with E-state index >= 15 is 0 Å². The number of nitrogens with one attached hydrogen (secondary N) is 4. The predicted octanol–water partition coefficient (Wildman–Crippen LogP) is 6.54. The smallest absolute Gasteiger partial charge is 0.478 e. The zero-order valence-electron chi connectivity index (χ0n) is 49.8. The maximum Gasteiger partial charge on any atom is 0.490 e. The van der Waals surface area contributed by atoms with E-state index in [2.05, 4.69) is 48.0 Å². The Balaban J connectivity index is 0.781. The number of aromatic nitrogens is 2. The van der Waals surface area contributed by atoms with Crippen LogP contribution in [0.25, 0.3) is 39.1 Å². The van der Waals surface area contributed by atoms with E-state index in [1.54, 1.807) is 66.2 Å². The van der Waals surface area contributed by atoms with Gasteiger partial charge in [-0.3, -0.25) is 9.09 Å². The Kier molecular flexibility index (Phi) is 29.1. The summed E-state index contributed by atoms with van der Waals surface area (Å²) in [4.78, 5) is 91.1. The Morgan fingerprint density at radius 2 is 1.60 bits per heavy atom. The van der Waals surface area contributed by atoms with Gasteiger partial charge >= 0.3 is 47.3 Å². The van der Waals surface area contributed by atoms with Gasteiger partial charge in [-0.05, 0) is 97.6 Å². The zero-order chi connectivity index (χ0) is 67.2. The van der Waals surface area contributed by atoms with E-state index in [4.69, 9.17) is 80.0 Å². The fourth-order valence-corrected chi connectivity index (χ4v) is 14.3. The lowest BCUT2D eigenvalue weighted by Crippen LogP contribution is -2.29.